The number of carbonyl (C=O) groups excluding carboxylic acids is 1. The van der Waals surface area contributed by atoms with Crippen LogP contribution < -0.4 is 0 Å². The Balaban J connectivity index is 2.07. The van der Waals surface area contributed by atoms with E-state index < -0.39 is 5.60 Å². The highest BCUT2D eigenvalue weighted by Gasteiger charge is 2.40. The molecule has 1 aromatic carbocycles. The maximum Gasteiger partial charge on any atom is 0.255 e. The predicted molar refractivity (Wildman–Crippen MR) is 67.9 cm³/mol. The van der Waals surface area contributed by atoms with Gasteiger partial charge in [-0.2, -0.15) is 0 Å². The van der Waals surface area contributed by atoms with Crippen LogP contribution in [0.15, 0.2) is 30.3 Å². The summed E-state index contributed by atoms with van der Waals surface area (Å²) in [5, 5.41) is 9.03. The summed E-state index contributed by atoms with van der Waals surface area (Å²) in [7, 11) is 0. The zero-order valence-corrected chi connectivity index (χ0v) is 10.6. The van der Waals surface area contributed by atoms with E-state index in [0.29, 0.717) is 26.1 Å². The SMILES string of the molecule is CC1(CCO)OCCN(Cc2ccccc2)C1=O. The Kier molecular flexibility index (Phi) is 3.99. The minimum Gasteiger partial charge on any atom is -0.396 e. The number of rotatable bonds is 4. The highest BCUT2D eigenvalue weighted by molar-refractivity contribution is 5.85. The van der Waals surface area contributed by atoms with Gasteiger partial charge in [0.2, 0.25) is 0 Å². The second-order valence-electron chi connectivity index (χ2n) is 4.77. The normalized spacial score (nSPS) is 24.3. The van der Waals surface area contributed by atoms with Crippen molar-refractivity contribution in [1.82, 2.24) is 4.90 Å². The average Bonchev–Trinajstić information content (AvgIpc) is 2.37. The van der Waals surface area contributed by atoms with Gasteiger partial charge in [0.25, 0.3) is 5.91 Å². The quantitative estimate of drug-likeness (QED) is 0.872. The van der Waals surface area contributed by atoms with Crippen LogP contribution in [0.25, 0.3) is 0 Å². The van der Waals surface area contributed by atoms with Crippen LogP contribution in [0.5, 0.6) is 0 Å². The van der Waals surface area contributed by atoms with E-state index in [9.17, 15) is 4.79 Å². The van der Waals surface area contributed by atoms with E-state index in [-0.39, 0.29) is 12.5 Å². The summed E-state index contributed by atoms with van der Waals surface area (Å²) < 4.78 is 5.53. The number of carbonyl (C=O) groups is 1. The first-order chi connectivity index (χ1) is 8.65. The fourth-order valence-corrected chi connectivity index (χ4v) is 2.23. The maximum atomic E-state index is 12.3. The van der Waals surface area contributed by atoms with Gasteiger partial charge in [0.15, 0.2) is 0 Å². The summed E-state index contributed by atoms with van der Waals surface area (Å²) in [5.41, 5.74) is 0.237. The number of ether oxygens (including phenoxy) is 1. The highest BCUT2D eigenvalue weighted by atomic mass is 16.5. The first-order valence-corrected chi connectivity index (χ1v) is 6.24. The number of aliphatic hydroxyl groups excluding tert-OH is 1. The number of morpholine rings is 1. The summed E-state index contributed by atoms with van der Waals surface area (Å²) in [4.78, 5) is 14.1. The number of amides is 1. The van der Waals surface area contributed by atoms with E-state index in [2.05, 4.69) is 0 Å². The molecule has 1 amide bonds. The van der Waals surface area contributed by atoms with Gasteiger partial charge in [0.05, 0.1) is 6.61 Å². The van der Waals surface area contributed by atoms with E-state index in [0.717, 1.165) is 5.56 Å². The van der Waals surface area contributed by atoms with Gasteiger partial charge in [-0.25, -0.2) is 0 Å². The van der Waals surface area contributed by atoms with Gasteiger partial charge in [0.1, 0.15) is 5.60 Å². The van der Waals surface area contributed by atoms with Gasteiger partial charge < -0.3 is 14.7 Å². The first kappa shape index (κ1) is 13.1. The largest absolute Gasteiger partial charge is 0.396 e. The van der Waals surface area contributed by atoms with Crippen LogP contribution in [0.2, 0.25) is 0 Å². The molecule has 1 atom stereocenters. The lowest BCUT2D eigenvalue weighted by atomic mass is 9.98. The van der Waals surface area contributed by atoms with Crippen molar-refractivity contribution in [2.24, 2.45) is 0 Å². The van der Waals surface area contributed by atoms with Crippen molar-refractivity contribution in [3.05, 3.63) is 35.9 Å². The third-order valence-corrected chi connectivity index (χ3v) is 3.33. The molecule has 0 saturated carbocycles. The molecule has 98 valence electrons. The summed E-state index contributed by atoms with van der Waals surface area (Å²) in [5.74, 6) is -0.0355. The molecular weight excluding hydrogens is 230 g/mol. The Bertz CT molecular complexity index is 403. The van der Waals surface area contributed by atoms with E-state index in [1.54, 1.807) is 11.8 Å². The molecule has 1 saturated heterocycles. The van der Waals surface area contributed by atoms with E-state index in [4.69, 9.17) is 9.84 Å². The Morgan fingerprint density at radius 1 is 1.39 bits per heavy atom. The van der Waals surface area contributed by atoms with Crippen LogP contribution in [-0.2, 0) is 16.1 Å². The molecule has 1 aromatic rings. The zero-order valence-electron chi connectivity index (χ0n) is 10.6. The number of hydrogen-bond acceptors (Lipinski definition) is 3. The van der Waals surface area contributed by atoms with Gasteiger partial charge in [0, 0.05) is 26.1 Å². The molecule has 0 aliphatic carbocycles. The summed E-state index contributed by atoms with van der Waals surface area (Å²) in [6, 6.07) is 9.90. The van der Waals surface area contributed by atoms with Crippen LogP contribution in [-0.4, -0.2) is 41.3 Å². The fourth-order valence-electron chi connectivity index (χ4n) is 2.23. The van der Waals surface area contributed by atoms with Gasteiger partial charge in [-0.3, -0.25) is 4.79 Å². The van der Waals surface area contributed by atoms with Gasteiger partial charge >= 0.3 is 0 Å². The maximum absolute atomic E-state index is 12.3. The first-order valence-electron chi connectivity index (χ1n) is 6.24. The number of hydrogen-bond donors (Lipinski definition) is 1. The zero-order chi connectivity index (χ0) is 13.0. The lowest BCUT2D eigenvalue weighted by Crippen LogP contribution is -2.55. The molecule has 1 heterocycles. The van der Waals surface area contributed by atoms with Crippen LogP contribution in [0.4, 0.5) is 0 Å². The smallest absolute Gasteiger partial charge is 0.255 e. The molecule has 0 radical (unpaired) electrons. The second kappa shape index (κ2) is 5.50. The molecule has 0 aromatic heterocycles. The molecule has 1 fully saturated rings. The molecule has 1 aliphatic rings. The number of benzene rings is 1. The van der Waals surface area contributed by atoms with Crippen LogP contribution >= 0.6 is 0 Å². The number of aliphatic hydroxyl groups is 1. The monoisotopic (exact) mass is 249 g/mol. The van der Waals surface area contributed by atoms with Gasteiger partial charge in [-0.1, -0.05) is 30.3 Å². The highest BCUT2D eigenvalue weighted by Crippen LogP contribution is 2.24. The third-order valence-electron chi connectivity index (χ3n) is 3.33. The molecule has 18 heavy (non-hydrogen) atoms. The minimum atomic E-state index is -0.873. The fraction of sp³-hybridized carbons (Fsp3) is 0.500. The topological polar surface area (TPSA) is 49.8 Å². The van der Waals surface area contributed by atoms with Crippen molar-refractivity contribution in [3.63, 3.8) is 0 Å². The Hall–Kier alpha value is -1.39. The molecule has 4 heteroatoms. The minimum absolute atomic E-state index is 0.0355. The summed E-state index contributed by atoms with van der Waals surface area (Å²) in [6.07, 6.45) is 0.344. The Morgan fingerprint density at radius 2 is 2.11 bits per heavy atom. The second-order valence-corrected chi connectivity index (χ2v) is 4.77. The van der Waals surface area contributed by atoms with Crippen molar-refractivity contribution < 1.29 is 14.6 Å². The van der Waals surface area contributed by atoms with E-state index in [1.807, 2.05) is 30.3 Å². The Labute approximate surface area is 107 Å². The molecule has 4 nitrogen and oxygen atoms in total. The number of nitrogens with zero attached hydrogens (tertiary/aromatic N) is 1. The van der Waals surface area contributed by atoms with Crippen molar-refractivity contribution >= 4 is 5.91 Å². The standard InChI is InChI=1S/C14H19NO3/c1-14(7-9-16)13(17)15(8-10-18-14)11-12-5-3-2-4-6-12/h2-6,16H,7-11H2,1H3. The van der Waals surface area contributed by atoms with Crippen molar-refractivity contribution in [2.75, 3.05) is 19.8 Å². The summed E-state index contributed by atoms with van der Waals surface area (Å²) in [6.45, 7) is 3.44. The van der Waals surface area contributed by atoms with Crippen molar-refractivity contribution in [2.45, 2.75) is 25.5 Å². The lowest BCUT2D eigenvalue weighted by Gasteiger charge is -2.39. The molecule has 0 bridgehead atoms. The van der Waals surface area contributed by atoms with E-state index >= 15 is 0 Å². The average molecular weight is 249 g/mol. The van der Waals surface area contributed by atoms with Crippen LogP contribution in [0, 0.1) is 0 Å². The third kappa shape index (κ3) is 2.71. The summed E-state index contributed by atoms with van der Waals surface area (Å²) >= 11 is 0. The Morgan fingerprint density at radius 3 is 2.78 bits per heavy atom. The van der Waals surface area contributed by atoms with Gasteiger partial charge in [-0.05, 0) is 12.5 Å². The van der Waals surface area contributed by atoms with Crippen molar-refractivity contribution in [1.29, 1.82) is 0 Å². The van der Waals surface area contributed by atoms with Gasteiger partial charge in [-0.15, -0.1) is 0 Å². The molecule has 2 rings (SSSR count). The van der Waals surface area contributed by atoms with Crippen LogP contribution in [0.1, 0.15) is 18.9 Å². The predicted octanol–water partition coefficient (Wildman–Crippen LogP) is 1.19. The molecule has 1 unspecified atom stereocenters. The molecule has 0 spiro atoms. The molecule has 1 N–H and O–H groups in total. The molecular formula is C14H19NO3. The molecule has 1 aliphatic heterocycles. The van der Waals surface area contributed by atoms with Crippen molar-refractivity contribution in [3.8, 4) is 0 Å². The van der Waals surface area contributed by atoms with E-state index in [1.165, 1.54) is 0 Å². The van der Waals surface area contributed by atoms with Crippen LogP contribution in [0.3, 0.4) is 0 Å². The lowest BCUT2D eigenvalue weighted by molar-refractivity contribution is -0.172.